The Morgan fingerprint density at radius 2 is 2.44 bits per heavy atom. The molecule has 0 bridgehead atoms. The van der Waals surface area contributed by atoms with Gasteiger partial charge in [-0.1, -0.05) is 13.8 Å². The minimum Gasteiger partial charge on any atom is -0.356 e. The van der Waals surface area contributed by atoms with Crippen LogP contribution in [0.1, 0.15) is 21.7 Å². The molecule has 1 unspecified atom stereocenters. The summed E-state index contributed by atoms with van der Waals surface area (Å²) < 4.78 is 0. The molecule has 0 aromatic rings. The number of rotatable bonds is 1. The number of carbonyl (C=O) groups is 1. The topological polar surface area (TPSA) is 29.1 Å². The maximum atomic E-state index is 10.9. The lowest BCUT2D eigenvalue weighted by Crippen LogP contribution is -2.22. The second-order valence-electron chi connectivity index (χ2n) is 2.93. The van der Waals surface area contributed by atoms with Crippen molar-refractivity contribution in [2.45, 2.75) is 20.3 Å². The van der Waals surface area contributed by atoms with Gasteiger partial charge in [0, 0.05) is 13.9 Å². The largest absolute Gasteiger partial charge is 0.356 e. The van der Waals surface area contributed by atoms with Crippen LogP contribution in [0.15, 0.2) is 0 Å². The number of hydrogen-bond acceptors (Lipinski definition) is 1. The predicted molar refractivity (Wildman–Crippen MR) is 38.1 cm³/mol. The van der Waals surface area contributed by atoms with Crippen LogP contribution in [-0.2, 0) is 4.79 Å². The highest BCUT2D eigenvalue weighted by Gasteiger charge is 2.26. The summed E-state index contributed by atoms with van der Waals surface area (Å²) in [6.45, 7) is 5.06. The molecule has 54 valence electrons. The number of hydrogen-bond donors (Lipinski definition) is 1. The van der Waals surface area contributed by atoms with E-state index in [1.54, 1.807) is 0 Å². The molecule has 2 heteroatoms. The van der Waals surface area contributed by atoms with E-state index >= 15 is 0 Å². The van der Waals surface area contributed by atoms with E-state index in [0.29, 0.717) is 5.92 Å². The van der Waals surface area contributed by atoms with Gasteiger partial charge in [0.15, 0.2) is 0 Å². The van der Waals surface area contributed by atoms with Crippen molar-refractivity contribution in [3.05, 3.63) is 0 Å². The van der Waals surface area contributed by atoms with Crippen LogP contribution in [-0.4, -0.2) is 12.5 Å². The van der Waals surface area contributed by atoms with Crippen molar-refractivity contribution in [3.63, 3.8) is 0 Å². The van der Waals surface area contributed by atoms with E-state index in [-0.39, 0.29) is 13.3 Å². The molecule has 1 aliphatic heterocycles. The second-order valence-corrected chi connectivity index (χ2v) is 2.93. The SMILES string of the molecule is CC(C)C1CCNC1=O.[HH]. The molecule has 0 aromatic heterocycles. The van der Waals surface area contributed by atoms with Gasteiger partial charge in [-0.15, -0.1) is 0 Å². The summed E-state index contributed by atoms with van der Waals surface area (Å²) in [6, 6.07) is 0. The number of nitrogens with one attached hydrogen (secondary N) is 1. The molecular weight excluding hydrogens is 114 g/mol. The summed E-state index contributed by atoms with van der Waals surface area (Å²) in [6.07, 6.45) is 1.02. The monoisotopic (exact) mass is 129 g/mol. The van der Waals surface area contributed by atoms with Gasteiger partial charge in [0.05, 0.1) is 0 Å². The van der Waals surface area contributed by atoms with E-state index in [2.05, 4.69) is 19.2 Å². The molecule has 0 aromatic carbocycles. The highest BCUT2D eigenvalue weighted by Crippen LogP contribution is 2.18. The lowest BCUT2D eigenvalue weighted by molar-refractivity contribution is -0.123. The zero-order chi connectivity index (χ0) is 6.85. The Morgan fingerprint density at radius 3 is 2.67 bits per heavy atom. The average Bonchev–Trinajstić information content (AvgIpc) is 2.13. The molecule has 0 radical (unpaired) electrons. The molecule has 0 aliphatic carbocycles. The molecule has 1 amide bonds. The van der Waals surface area contributed by atoms with Crippen LogP contribution in [0.5, 0.6) is 0 Å². The molecule has 0 spiro atoms. The maximum Gasteiger partial charge on any atom is 0.223 e. The van der Waals surface area contributed by atoms with Gasteiger partial charge in [-0.05, 0) is 12.3 Å². The van der Waals surface area contributed by atoms with E-state index in [4.69, 9.17) is 0 Å². The molecule has 1 N–H and O–H groups in total. The lowest BCUT2D eigenvalue weighted by atomic mass is 9.95. The average molecular weight is 129 g/mol. The molecule has 1 aliphatic rings. The van der Waals surface area contributed by atoms with E-state index in [1.165, 1.54) is 0 Å². The van der Waals surface area contributed by atoms with Crippen LogP contribution in [0.4, 0.5) is 0 Å². The fraction of sp³-hybridized carbons (Fsp3) is 0.857. The molecule has 9 heavy (non-hydrogen) atoms. The first-order valence-corrected chi connectivity index (χ1v) is 3.49. The van der Waals surface area contributed by atoms with E-state index in [9.17, 15) is 4.79 Å². The van der Waals surface area contributed by atoms with Crippen LogP contribution in [0.2, 0.25) is 0 Å². The van der Waals surface area contributed by atoms with Crippen molar-refractivity contribution in [2.75, 3.05) is 6.54 Å². The third-order valence-corrected chi connectivity index (χ3v) is 1.90. The van der Waals surface area contributed by atoms with Crippen molar-refractivity contribution >= 4 is 5.91 Å². The van der Waals surface area contributed by atoms with Crippen molar-refractivity contribution in [3.8, 4) is 0 Å². The highest BCUT2D eigenvalue weighted by molar-refractivity contribution is 5.80. The normalized spacial score (nSPS) is 27.0. The summed E-state index contributed by atoms with van der Waals surface area (Å²) in [5, 5.41) is 2.81. The quantitative estimate of drug-likeness (QED) is 0.562. The van der Waals surface area contributed by atoms with Crippen LogP contribution >= 0.6 is 0 Å². The lowest BCUT2D eigenvalue weighted by Gasteiger charge is -2.08. The fourth-order valence-corrected chi connectivity index (χ4v) is 1.25. The Balaban J connectivity index is 0.000000810. The van der Waals surface area contributed by atoms with Crippen molar-refractivity contribution < 1.29 is 6.22 Å². The molecule has 2 nitrogen and oxygen atoms in total. The maximum absolute atomic E-state index is 10.9. The molecule has 0 saturated carbocycles. The highest BCUT2D eigenvalue weighted by atomic mass is 16.2. The van der Waals surface area contributed by atoms with Gasteiger partial charge < -0.3 is 5.32 Å². The van der Waals surface area contributed by atoms with Gasteiger partial charge in [0.25, 0.3) is 0 Å². The smallest absolute Gasteiger partial charge is 0.223 e. The summed E-state index contributed by atoms with van der Waals surface area (Å²) in [7, 11) is 0. The van der Waals surface area contributed by atoms with Crippen LogP contribution in [0.3, 0.4) is 0 Å². The van der Waals surface area contributed by atoms with E-state index in [0.717, 1.165) is 13.0 Å². The molecule has 1 atom stereocenters. The Labute approximate surface area is 57.1 Å². The zero-order valence-corrected chi connectivity index (χ0v) is 5.98. The van der Waals surface area contributed by atoms with Crippen LogP contribution < -0.4 is 5.32 Å². The van der Waals surface area contributed by atoms with Gasteiger partial charge in [-0.3, -0.25) is 4.79 Å². The summed E-state index contributed by atoms with van der Waals surface area (Å²) in [5.41, 5.74) is 0. The minimum atomic E-state index is 0. The van der Waals surface area contributed by atoms with E-state index in [1.807, 2.05) is 0 Å². The Kier molecular flexibility index (Phi) is 1.74. The van der Waals surface area contributed by atoms with Crippen molar-refractivity contribution in [1.82, 2.24) is 5.32 Å². The van der Waals surface area contributed by atoms with Crippen molar-refractivity contribution in [1.29, 1.82) is 0 Å². The molecule has 1 saturated heterocycles. The fourth-order valence-electron chi connectivity index (χ4n) is 1.25. The first-order valence-electron chi connectivity index (χ1n) is 3.49. The van der Waals surface area contributed by atoms with E-state index < -0.39 is 0 Å². The van der Waals surface area contributed by atoms with Gasteiger partial charge in [0.1, 0.15) is 0 Å². The first-order chi connectivity index (χ1) is 4.22. The first kappa shape index (κ1) is 6.59. The zero-order valence-electron chi connectivity index (χ0n) is 5.98. The molecule has 1 heterocycles. The molecule has 1 fully saturated rings. The van der Waals surface area contributed by atoms with Crippen LogP contribution in [0.25, 0.3) is 0 Å². The van der Waals surface area contributed by atoms with Gasteiger partial charge in [0.2, 0.25) is 5.91 Å². The Hall–Kier alpha value is -0.530. The standard InChI is InChI=1S/C7H13NO.H2/c1-5(2)6-3-4-8-7(6)9;/h5-6H,3-4H2,1-2H3,(H,8,9);1H. The second kappa shape index (κ2) is 2.38. The summed E-state index contributed by atoms with van der Waals surface area (Å²) in [4.78, 5) is 10.9. The van der Waals surface area contributed by atoms with Crippen molar-refractivity contribution in [2.24, 2.45) is 11.8 Å². The number of amides is 1. The third-order valence-electron chi connectivity index (χ3n) is 1.90. The summed E-state index contributed by atoms with van der Waals surface area (Å²) in [5.74, 6) is 1.03. The van der Waals surface area contributed by atoms with Gasteiger partial charge in [-0.25, -0.2) is 0 Å². The molecular formula is C7H15NO. The van der Waals surface area contributed by atoms with Crippen LogP contribution in [0, 0.1) is 11.8 Å². The third kappa shape index (κ3) is 1.23. The van der Waals surface area contributed by atoms with Gasteiger partial charge >= 0.3 is 0 Å². The molecule has 1 rings (SSSR count). The Morgan fingerprint density at radius 1 is 1.78 bits per heavy atom. The summed E-state index contributed by atoms with van der Waals surface area (Å²) >= 11 is 0. The Bertz CT molecular complexity index is 125. The number of carbonyl (C=O) groups excluding carboxylic acids is 1. The van der Waals surface area contributed by atoms with Gasteiger partial charge in [-0.2, -0.15) is 0 Å². The minimum absolute atomic E-state index is 0. The predicted octanol–water partition coefficient (Wildman–Crippen LogP) is 1.02.